The van der Waals surface area contributed by atoms with Gasteiger partial charge in [0.1, 0.15) is 0 Å². The summed E-state index contributed by atoms with van der Waals surface area (Å²) in [6.45, 7) is 4.03. The number of hydrogen-bond acceptors (Lipinski definition) is 4. The van der Waals surface area contributed by atoms with Crippen LogP contribution in [0.15, 0.2) is 48.5 Å². The van der Waals surface area contributed by atoms with Crippen LogP contribution < -0.4 is 5.32 Å². The van der Waals surface area contributed by atoms with E-state index in [1.54, 1.807) is 4.68 Å². The Labute approximate surface area is 203 Å². The number of para-hydroxylation sites is 1. The van der Waals surface area contributed by atoms with Crippen molar-refractivity contribution < 1.29 is 9.53 Å². The first-order chi connectivity index (χ1) is 16.0. The van der Waals surface area contributed by atoms with Crippen molar-refractivity contribution in [2.45, 2.75) is 44.4 Å². The van der Waals surface area contributed by atoms with E-state index >= 15 is 0 Å². The predicted octanol–water partition coefficient (Wildman–Crippen LogP) is 5.00. The molecule has 2 aliphatic heterocycles. The lowest BCUT2D eigenvalue weighted by Crippen LogP contribution is -2.60. The zero-order valence-electron chi connectivity index (χ0n) is 18.4. The van der Waals surface area contributed by atoms with E-state index in [0.717, 1.165) is 35.9 Å². The second-order valence-electron chi connectivity index (χ2n) is 8.70. The summed E-state index contributed by atoms with van der Waals surface area (Å²) in [6.07, 6.45) is 5.43. The second kappa shape index (κ2) is 9.47. The number of halogens is 2. The number of carbonyl (C=O) groups is 1. The second-order valence-corrected chi connectivity index (χ2v) is 9.51. The monoisotopic (exact) mass is 484 g/mol. The molecule has 2 unspecified atom stereocenters. The van der Waals surface area contributed by atoms with E-state index in [9.17, 15) is 4.79 Å². The number of ether oxygens (including phenoxy) is 1. The molecule has 2 saturated heterocycles. The van der Waals surface area contributed by atoms with Crippen molar-refractivity contribution in [2.24, 2.45) is 0 Å². The molecule has 2 bridgehead atoms. The topological polar surface area (TPSA) is 59.4 Å². The summed E-state index contributed by atoms with van der Waals surface area (Å²) >= 11 is 12.3. The quantitative estimate of drug-likeness (QED) is 0.553. The first-order valence-corrected chi connectivity index (χ1v) is 12.0. The fraction of sp³-hybridized carbons (Fsp3) is 0.360. The van der Waals surface area contributed by atoms with Crippen LogP contribution in [-0.4, -0.2) is 51.9 Å². The Hall–Kier alpha value is -2.38. The highest BCUT2D eigenvalue weighted by atomic mass is 35.5. The van der Waals surface area contributed by atoms with E-state index in [-0.39, 0.29) is 24.0 Å². The van der Waals surface area contributed by atoms with E-state index in [4.69, 9.17) is 27.9 Å². The van der Waals surface area contributed by atoms with E-state index in [2.05, 4.69) is 15.3 Å². The molecule has 2 aliphatic rings. The van der Waals surface area contributed by atoms with Crippen LogP contribution in [0.2, 0.25) is 10.0 Å². The molecule has 0 radical (unpaired) electrons. The number of amides is 1. The number of nitrogens with one attached hydrogen (secondary N) is 1. The molecular formula is C25H26Cl2N4O2. The van der Waals surface area contributed by atoms with Crippen LogP contribution >= 0.6 is 23.2 Å². The van der Waals surface area contributed by atoms with Crippen LogP contribution in [0.1, 0.15) is 35.8 Å². The van der Waals surface area contributed by atoms with Gasteiger partial charge in [0.15, 0.2) is 5.69 Å². The Kier molecular flexibility index (Phi) is 6.43. The van der Waals surface area contributed by atoms with Crippen molar-refractivity contribution in [1.82, 2.24) is 20.0 Å². The summed E-state index contributed by atoms with van der Waals surface area (Å²) in [5.41, 5.74) is 2.51. The third-order valence-corrected chi connectivity index (χ3v) is 7.21. The Morgan fingerprint density at radius 1 is 1.15 bits per heavy atom. The molecular weight excluding hydrogens is 459 g/mol. The maximum absolute atomic E-state index is 13.2. The number of allylic oxidation sites excluding steroid dienone is 1. The van der Waals surface area contributed by atoms with Gasteiger partial charge in [-0.2, -0.15) is 5.10 Å². The third-order valence-electron chi connectivity index (χ3n) is 6.48. The van der Waals surface area contributed by atoms with Gasteiger partial charge in [0, 0.05) is 36.3 Å². The first kappa shape index (κ1) is 22.4. The molecule has 8 heteroatoms. The van der Waals surface area contributed by atoms with Crippen LogP contribution in [0, 0.1) is 0 Å². The Morgan fingerprint density at radius 3 is 2.64 bits per heavy atom. The number of rotatable bonds is 5. The third kappa shape index (κ3) is 4.53. The zero-order chi connectivity index (χ0) is 22.9. The SMILES string of the molecule is CC=Cn1nc(C(=O)NC2CC3COCC(C2)N3Cc2ccc(Cl)c(Cl)c2)c2ccccc21. The lowest BCUT2D eigenvalue weighted by molar-refractivity contribution is -0.0843. The fourth-order valence-electron chi connectivity index (χ4n) is 4.98. The minimum Gasteiger partial charge on any atom is -0.378 e. The lowest BCUT2D eigenvalue weighted by atomic mass is 9.89. The smallest absolute Gasteiger partial charge is 0.272 e. The molecule has 2 fully saturated rings. The van der Waals surface area contributed by atoms with Gasteiger partial charge < -0.3 is 10.1 Å². The normalized spacial score (nSPS) is 23.3. The highest BCUT2D eigenvalue weighted by Crippen LogP contribution is 2.31. The molecule has 0 aliphatic carbocycles. The van der Waals surface area contributed by atoms with Gasteiger partial charge >= 0.3 is 0 Å². The highest BCUT2D eigenvalue weighted by molar-refractivity contribution is 6.42. The number of morpholine rings is 1. The maximum atomic E-state index is 13.2. The predicted molar refractivity (Wildman–Crippen MR) is 132 cm³/mol. The van der Waals surface area contributed by atoms with Crippen LogP contribution in [0.25, 0.3) is 17.1 Å². The summed E-state index contributed by atoms with van der Waals surface area (Å²) in [7, 11) is 0. The molecule has 2 atom stereocenters. The molecule has 0 saturated carbocycles. The summed E-state index contributed by atoms with van der Waals surface area (Å²) in [5, 5.41) is 9.81. The van der Waals surface area contributed by atoms with Crippen molar-refractivity contribution in [1.29, 1.82) is 0 Å². The fourth-order valence-corrected chi connectivity index (χ4v) is 5.30. The first-order valence-electron chi connectivity index (χ1n) is 11.2. The number of aromatic nitrogens is 2. The van der Waals surface area contributed by atoms with Crippen molar-refractivity contribution in [3.63, 3.8) is 0 Å². The van der Waals surface area contributed by atoms with Gasteiger partial charge in [-0.05, 0) is 43.5 Å². The van der Waals surface area contributed by atoms with E-state index in [0.29, 0.717) is 29.0 Å². The molecule has 3 heterocycles. The summed E-state index contributed by atoms with van der Waals surface area (Å²) in [6, 6.07) is 14.1. The number of carbonyl (C=O) groups excluding carboxylic acids is 1. The maximum Gasteiger partial charge on any atom is 0.272 e. The van der Waals surface area contributed by atoms with Crippen molar-refractivity contribution >= 4 is 46.2 Å². The van der Waals surface area contributed by atoms with Gasteiger partial charge in [0.05, 0.1) is 28.8 Å². The van der Waals surface area contributed by atoms with Gasteiger partial charge in [0.25, 0.3) is 5.91 Å². The van der Waals surface area contributed by atoms with E-state index in [1.807, 2.05) is 61.7 Å². The van der Waals surface area contributed by atoms with E-state index < -0.39 is 0 Å². The van der Waals surface area contributed by atoms with Gasteiger partial charge in [0.2, 0.25) is 0 Å². The minimum absolute atomic E-state index is 0.0760. The highest BCUT2D eigenvalue weighted by Gasteiger charge is 2.39. The Balaban J connectivity index is 1.31. The number of piperidine rings is 1. The summed E-state index contributed by atoms with van der Waals surface area (Å²) in [5.74, 6) is -0.128. The van der Waals surface area contributed by atoms with Crippen LogP contribution in [0.3, 0.4) is 0 Å². The molecule has 172 valence electrons. The van der Waals surface area contributed by atoms with Crippen molar-refractivity contribution in [2.75, 3.05) is 13.2 Å². The largest absolute Gasteiger partial charge is 0.378 e. The molecule has 3 aromatic rings. The van der Waals surface area contributed by atoms with Crippen molar-refractivity contribution in [3.05, 3.63) is 69.8 Å². The average molecular weight is 485 g/mol. The molecule has 5 rings (SSSR count). The number of hydrogen-bond donors (Lipinski definition) is 1. The molecule has 1 aromatic heterocycles. The molecule has 33 heavy (non-hydrogen) atoms. The van der Waals surface area contributed by atoms with Gasteiger partial charge in [-0.3, -0.25) is 9.69 Å². The Bertz CT molecular complexity index is 1190. The van der Waals surface area contributed by atoms with Gasteiger partial charge in [-0.1, -0.05) is 53.5 Å². The molecule has 0 spiro atoms. The molecule has 1 N–H and O–H groups in total. The van der Waals surface area contributed by atoms with Crippen LogP contribution in [-0.2, 0) is 11.3 Å². The van der Waals surface area contributed by atoms with Crippen LogP contribution in [0.4, 0.5) is 0 Å². The lowest BCUT2D eigenvalue weighted by Gasteiger charge is -2.48. The van der Waals surface area contributed by atoms with Gasteiger partial charge in [-0.15, -0.1) is 0 Å². The zero-order valence-corrected chi connectivity index (χ0v) is 19.9. The van der Waals surface area contributed by atoms with Gasteiger partial charge in [-0.25, -0.2) is 4.68 Å². The molecule has 2 aromatic carbocycles. The van der Waals surface area contributed by atoms with Crippen molar-refractivity contribution in [3.8, 4) is 0 Å². The number of nitrogens with zero attached hydrogens (tertiary/aromatic N) is 3. The molecule has 6 nitrogen and oxygen atoms in total. The number of fused-ring (bicyclic) bond motifs is 3. The van der Waals surface area contributed by atoms with Crippen LogP contribution in [0.5, 0.6) is 0 Å². The summed E-state index contributed by atoms with van der Waals surface area (Å²) < 4.78 is 7.60. The standard InChI is InChI=1S/C25H26Cl2N4O2/c1-2-9-31-23-6-4-3-5-20(23)24(29-31)25(32)28-17-11-18-14-33-15-19(12-17)30(18)13-16-7-8-21(26)22(27)10-16/h2-10,17-19H,11-15H2,1H3,(H,28,32). The average Bonchev–Trinajstić information content (AvgIpc) is 3.16. The van der Waals surface area contributed by atoms with E-state index in [1.165, 1.54) is 0 Å². The Morgan fingerprint density at radius 2 is 1.91 bits per heavy atom. The minimum atomic E-state index is -0.128. The summed E-state index contributed by atoms with van der Waals surface area (Å²) in [4.78, 5) is 15.7. The number of benzene rings is 2. The molecule has 1 amide bonds.